The summed E-state index contributed by atoms with van der Waals surface area (Å²) in [6, 6.07) is 7.47. The van der Waals surface area contributed by atoms with E-state index in [9.17, 15) is 4.79 Å². The normalized spacial score (nSPS) is 19.7. The standard InChI is InChI=1S/C17H21ClN4O.ClH/c1-17(2)10-22(8-7-14(17)19)16(23)13-9-20-21-15(13)11-3-5-12(18)6-4-11;/h3-6,9,14H,7-8,10,19H2,1-2H3,(H,20,21);1H. The van der Waals surface area contributed by atoms with Crippen molar-refractivity contribution in [2.75, 3.05) is 13.1 Å². The van der Waals surface area contributed by atoms with E-state index < -0.39 is 0 Å². The van der Waals surface area contributed by atoms with Crippen LogP contribution in [0.5, 0.6) is 0 Å². The van der Waals surface area contributed by atoms with Crippen molar-refractivity contribution in [3.63, 3.8) is 0 Å². The third kappa shape index (κ3) is 3.58. The van der Waals surface area contributed by atoms with Crippen molar-refractivity contribution in [1.29, 1.82) is 0 Å². The van der Waals surface area contributed by atoms with E-state index in [0.717, 1.165) is 17.7 Å². The number of benzene rings is 1. The third-order valence-electron chi connectivity index (χ3n) is 4.60. The minimum Gasteiger partial charge on any atom is -0.338 e. The fraction of sp³-hybridized carbons (Fsp3) is 0.412. The molecule has 3 rings (SSSR count). The van der Waals surface area contributed by atoms with Gasteiger partial charge in [0.1, 0.15) is 0 Å². The molecule has 1 aliphatic heterocycles. The van der Waals surface area contributed by atoms with Gasteiger partial charge in [-0.2, -0.15) is 5.10 Å². The molecule has 0 radical (unpaired) electrons. The number of halogens is 2. The lowest BCUT2D eigenvalue weighted by molar-refractivity contribution is 0.0534. The van der Waals surface area contributed by atoms with Crippen LogP contribution in [0.4, 0.5) is 0 Å². The first kappa shape index (κ1) is 18.8. The Morgan fingerprint density at radius 2 is 2.04 bits per heavy atom. The van der Waals surface area contributed by atoms with E-state index in [1.165, 1.54) is 0 Å². The number of amides is 1. The monoisotopic (exact) mass is 368 g/mol. The second kappa shape index (κ2) is 7.13. The molecule has 2 heterocycles. The summed E-state index contributed by atoms with van der Waals surface area (Å²) < 4.78 is 0. The molecule has 2 aromatic rings. The van der Waals surface area contributed by atoms with Gasteiger partial charge >= 0.3 is 0 Å². The van der Waals surface area contributed by atoms with Crippen molar-refractivity contribution in [2.45, 2.75) is 26.3 Å². The van der Waals surface area contributed by atoms with Gasteiger partial charge in [0, 0.05) is 29.7 Å². The Bertz CT molecular complexity index is 712. The van der Waals surface area contributed by atoms with Gasteiger partial charge in [-0.3, -0.25) is 9.89 Å². The van der Waals surface area contributed by atoms with Crippen LogP contribution in [-0.2, 0) is 0 Å². The molecule has 1 saturated heterocycles. The first-order chi connectivity index (χ1) is 10.9. The van der Waals surface area contributed by atoms with E-state index in [1.54, 1.807) is 18.3 Å². The van der Waals surface area contributed by atoms with Crippen LogP contribution in [0.15, 0.2) is 30.5 Å². The Labute approximate surface area is 153 Å². The molecule has 0 spiro atoms. The Morgan fingerprint density at radius 3 is 2.67 bits per heavy atom. The molecule has 1 aromatic carbocycles. The highest BCUT2D eigenvalue weighted by Crippen LogP contribution is 2.30. The summed E-state index contributed by atoms with van der Waals surface area (Å²) in [5.74, 6) is -0.0105. The number of aromatic amines is 1. The molecular formula is C17H22Cl2N4O. The summed E-state index contributed by atoms with van der Waals surface area (Å²) in [6.45, 7) is 5.53. The third-order valence-corrected chi connectivity index (χ3v) is 4.85. The highest BCUT2D eigenvalue weighted by molar-refractivity contribution is 6.30. The Balaban J connectivity index is 0.00000208. The molecule has 3 N–H and O–H groups in total. The zero-order valence-corrected chi connectivity index (χ0v) is 15.3. The number of hydrogen-bond acceptors (Lipinski definition) is 3. The largest absolute Gasteiger partial charge is 0.338 e. The second-order valence-electron chi connectivity index (χ2n) is 6.78. The average molecular weight is 369 g/mol. The molecule has 0 aliphatic carbocycles. The van der Waals surface area contributed by atoms with Crippen LogP contribution in [0, 0.1) is 5.41 Å². The van der Waals surface area contributed by atoms with Crippen molar-refractivity contribution >= 4 is 29.9 Å². The first-order valence-electron chi connectivity index (χ1n) is 7.72. The zero-order chi connectivity index (χ0) is 16.6. The van der Waals surface area contributed by atoms with Crippen molar-refractivity contribution in [1.82, 2.24) is 15.1 Å². The van der Waals surface area contributed by atoms with Gasteiger partial charge in [0.15, 0.2) is 0 Å². The first-order valence-corrected chi connectivity index (χ1v) is 8.10. The highest BCUT2D eigenvalue weighted by Gasteiger charge is 2.36. The quantitative estimate of drug-likeness (QED) is 0.853. The van der Waals surface area contributed by atoms with Crippen LogP contribution < -0.4 is 5.73 Å². The van der Waals surface area contributed by atoms with Gasteiger partial charge in [-0.25, -0.2) is 0 Å². The molecule has 5 nitrogen and oxygen atoms in total. The van der Waals surface area contributed by atoms with Crippen LogP contribution in [0.1, 0.15) is 30.6 Å². The van der Waals surface area contributed by atoms with Gasteiger partial charge in [-0.15, -0.1) is 12.4 Å². The van der Waals surface area contributed by atoms with E-state index in [4.69, 9.17) is 17.3 Å². The Hall–Kier alpha value is -1.56. The maximum atomic E-state index is 12.9. The molecule has 24 heavy (non-hydrogen) atoms. The minimum absolute atomic E-state index is 0. The van der Waals surface area contributed by atoms with Crippen molar-refractivity contribution in [3.05, 3.63) is 41.0 Å². The summed E-state index contributed by atoms with van der Waals surface area (Å²) in [4.78, 5) is 14.8. The number of H-pyrrole nitrogens is 1. The molecule has 0 bridgehead atoms. The van der Waals surface area contributed by atoms with Crippen molar-refractivity contribution in [2.24, 2.45) is 11.1 Å². The summed E-state index contributed by atoms with van der Waals surface area (Å²) in [7, 11) is 0. The van der Waals surface area contributed by atoms with Crippen LogP contribution in [0.2, 0.25) is 5.02 Å². The fourth-order valence-electron chi connectivity index (χ4n) is 3.00. The predicted octanol–water partition coefficient (Wildman–Crippen LogP) is 3.35. The van der Waals surface area contributed by atoms with E-state index >= 15 is 0 Å². The number of nitrogens with zero attached hydrogens (tertiary/aromatic N) is 2. The Morgan fingerprint density at radius 1 is 1.38 bits per heavy atom. The maximum Gasteiger partial charge on any atom is 0.257 e. The maximum absolute atomic E-state index is 12.9. The highest BCUT2D eigenvalue weighted by atomic mass is 35.5. The SMILES string of the molecule is CC1(C)CN(C(=O)c2cn[nH]c2-c2ccc(Cl)cc2)CCC1N.Cl. The predicted molar refractivity (Wildman–Crippen MR) is 98.6 cm³/mol. The van der Waals surface area contributed by atoms with Gasteiger partial charge in [0.05, 0.1) is 17.5 Å². The number of likely N-dealkylation sites (tertiary alicyclic amines) is 1. The number of nitrogens with one attached hydrogen (secondary N) is 1. The van der Waals surface area contributed by atoms with Crippen molar-refractivity contribution in [3.8, 4) is 11.3 Å². The number of hydrogen-bond donors (Lipinski definition) is 2. The van der Waals surface area contributed by atoms with Crippen LogP contribution in [0.3, 0.4) is 0 Å². The van der Waals surface area contributed by atoms with Crippen LogP contribution >= 0.6 is 24.0 Å². The number of piperidine rings is 1. The lowest BCUT2D eigenvalue weighted by atomic mass is 9.79. The molecule has 1 fully saturated rings. The van der Waals surface area contributed by atoms with Gasteiger partial charge in [0.25, 0.3) is 5.91 Å². The zero-order valence-electron chi connectivity index (χ0n) is 13.8. The van der Waals surface area contributed by atoms with Gasteiger partial charge in [0.2, 0.25) is 0 Å². The summed E-state index contributed by atoms with van der Waals surface area (Å²) in [6.07, 6.45) is 2.40. The number of rotatable bonds is 2. The van der Waals surface area contributed by atoms with E-state index in [-0.39, 0.29) is 29.8 Å². The molecule has 1 unspecified atom stereocenters. The summed E-state index contributed by atoms with van der Waals surface area (Å²) >= 11 is 5.93. The smallest absolute Gasteiger partial charge is 0.257 e. The lowest BCUT2D eigenvalue weighted by Gasteiger charge is -2.42. The number of nitrogens with two attached hydrogens (primary N) is 1. The molecule has 1 aromatic heterocycles. The van der Waals surface area contributed by atoms with Gasteiger partial charge < -0.3 is 10.6 Å². The fourth-order valence-corrected chi connectivity index (χ4v) is 3.13. The molecule has 0 saturated carbocycles. The van der Waals surface area contributed by atoms with Gasteiger partial charge in [-0.05, 0) is 24.0 Å². The molecule has 130 valence electrons. The summed E-state index contributed by atoms with van der Waals surface area (Å²) in [5.41, 5.74) is 8.27. The molecule has 7 heteroatoms. The summed E-state index contributed by atoms with van der Waals surface area (Å²) in [5, 5.41) is 7.64. The van der Waals surface area contributed by atoms with Gasteiger partial charge in [-0.1, -0.05) is 37.6 Å². The van der Waals surface area contributed by atoms with Crippen LogP contribution in [-0.4, -0.2) is 40.1 Å². The minimum atomic E-state index is -0.0852. The van der Waals surface area contributed by atoms with E-state index in [2.05, 4.69) is 24.0 Å². The lowest BCUT2D eigenvalue weighted by Crippen LogP contribution is -2.54. The van der Waals surface area contributed by atoms with Crippen LogP contribution in [0.25, 0.3) is 11.3 Å². The molecule has 1 aliphatic rings. The molecule has 1 atom stereocenters. The number of carbonyl (C=O) groups is 1. The number of carbonyl (C=O) groups excluding carboxylic acids is 1. The van der Waals surface area contributed by atoms with E-state index in [1.807, 2.05) is 17.0 Å². The van der Waals surface area contributed by atoms with E-state index in [0.29, 0.717) is 23.7 Å². The average Bonchev–Trinajstić information content (AvgIpc) is 2.99. The Kier molecular flexibility index (Phi) is 5.58. The van der Waals surface area contributed by atoms with Crippen molar-refractivity contribution < 1.29 is 4.79 Å². The molecular weight excluding hydrogens is 347 g/mol. The topological polar surface area (TPSA) is 75.0 Å². The molecule has 1 amide bonds. The second-order valence-corrected chi connectivity index (χ2v) is 7.21. The number of aromatic nitrogens is 2.